The number of amides is 6. The van der Waals surface area contributed by atoms with Gasteiger partial charge in [-0.05, 0) is 67.3 Å². The molecule has 3 saturated heterocycles. The zero-order chi connectivity index (χ0) is 44.4. The molecule has 1 aliphatic carbocycles. The largest absolute Gasteiger partial charge is 0.382 e. The lowest BCUT2D eigenvalue weighted by molar-refractivity contribution is -0.134. The zero-order valence-electron chi connectivity index (χ0n) is 35.8. The summed E-state index contributed by atoms with van der Waals surface area (Å²) < 4.78 is 5.77. The molecular formula is C45H54N10O8. The van der Waals surface area contributed by atoms with Gasteiger partial charge in [-0.1, -0.05) is 25.1 Å². The Labute approximate surface area is 365 Å². The lowest BCUT2D eigenvalue weighted by Crippen LogP contribution is -2.49. The van der Waals surface area contributed by atoms with E-state index in [1.165, 1.54) is 0 Å². The third-order valence-corrected chi connectivity index (χ3v) is 13.2. The highest BCUT2D eigenvalue weighted by Crippen LogP contribution is 2.37. The minimum absolute atomic E-state index is 0.0133. The molecule has 8 rings (SSSR count). The van der Waals surface area contributed by atoms with Crippen molar-refractivity contribution in [1.29, 1.82) is 0 Å². The van der Waals surface area contributed by atoms with Crippen molar-refractivity contribution in [2.45, 2.75) is 75.8 Å². The topological polar surface area (TPSA) is 221 Å². The van der Waals surface area contributed by atoms with Crippen molar-refractivity contribution >= 4 is 64.2 Å². The van der Waals surface area contributed by atoms with Crippen LogP contribution in [0.5, 0.6) is 0 Å². The minimum atomic E-state index is -0.933. The van der Waals surface area contributed by atoms with E-state index < -0.39 is 29.5 Å². The smallest absolute Gasteiger partial charge is 0.320 e. The van der Waals surface area contributed by atoms with Gasteiger partial charge in [-0.25, -0.2) is 14.8 Å². The van der Waals surface area contributed by atoms with Crippen LogP contribution in [0.15, 0.2) is 48.7 Å². The zero-order valence-corrected chi connectivity index (χ0v) is 35.8. The van der Waals surface area contributed by atoms with E-state index in [9.17, 15) is 33.6 Å². The second-order valence-electron chi connectivity index (χ2n) is 17.3. The van der Waals surface area contributed by atoms with Gasteiger partial charge in [0.2, 0.25) is 5.91 Å². The molecule has 3 aromatic rings. The number of ether oxygens (including phenoxy) is 1. The molecule has 6 amide bonds. The van der Waals surface area contributed by atoms with Crippen molar-refractivity contribution in [2.24, 2.45) is 5.73 Å². The number of imide groups is 1. The summed E-state index contributed by atoms with van der Waals surface area (Å²) in [5.74, 6) is -1.49. The van der Waals surface area contributed by atoms with E-state index in [1.54, 1.807) is 29.3 Å². The maximum absolute atomic E-state index is 13.4. The van der Waals surface area contributed by atoms with Crippen molar-refractivity contribution in [3.63, 3.8) is 0 Å². The van der Waals surface area contributed by atoms with Gasteiger partial charge in [-0.15, -0.1) is 0 Å². The van der Waals surface area contributed by atoms with Gasteiger partial charge in [-0.2, -0.15) is 0 Å². The average Bonchev–Trinajstić information content (AvgIpc) is 3.75. The van der Waals surface area contributed by atoms with Gasteiger partial charge >= 0.3 is 6.03 Å². The van der Waals surface area contributed by atoms with E-state index in [0.717, 1.165) is 48.4 Å². The van der Waals surface area contributed by atoms with E-state index >= 15 is 0 Å². The maximum atomic E-state index is 13.4. The van der Waals surface area contributed by atoms with Crippen LogP contribution in [0.25, 0.3) is 0 Å². The number of nitrogens with zero attached hydrogens (tertiary/aromatic N) is 7. The van der Waals surface area contributed by atoms with E-state index in [-0.39, 0.29) is 90.7 Å². The highest BCUT2D eigenvalue weighted by atomic mass is 16.5. The van der Waals surface area contributed by atoms with E-state index in [1.807, 2.05) is 29.0 Å². The number of likely N-dealkylation sites (tertiary alicyclic amines) is 1. The van der Waals surface area contributed by atoms with Crippen LogP contribution in [-0.4, -0.2) is 149 Å². The number of anilines is 4. The molecule has 63 heavy (non-hydrogen) atoms. The average molecular weight is 863 g/mol. The number of nitrogens with two attached hydrogens (primary N) is 1. The monoisotopic (exact) mass is 862 g/mol. The molecule has 1 saturated carbocycles. The SMILES string of the molecule is CN1CCN([C@@H]2CCCN(c3cnc(C(N)=O)c(Nc4ccc(C5(C)CCN(C(=O)CCOCCNc6cccc7c6C(=O)N(C6CCC(=O)CC6=O)C7=O)CC5)cc4)n3)C2)C1=O. The number of carbonyl (C=O) groups is 7. The van der Waals surface area contributed by atoms with Crippen LogP contribution in [0, 0.1) is 0 Å². The Morgan fingerprint density at radius 3 is 2.43 bits per heavy atom. The lowest BCUT2D eigenvalue weighted by Gasteiger charge is -2.40. The van der Waals surface area contributed by atoms with Crippen LogP contribution < -0.4 is 21.3 Å². The molecule has 18 heteroatoms. The fraction of sp³-hybridized carbons (Fsp3) is 0.489. The molecule has 5 heterocycles. The Kier molecular flexibility index (Phi) is 12.4. The van der Waals surface area contributed by atoms with Crippen LogP contribution in [0.4, 0.5) is 27.8 Å². The van der Waals surface area contributed by atoms with Crippen LogP contribution >= 0.6 is 0 Å². The first kappa shape index (κ1) is 43.2. The quantitative estimate of drug-likeness (QED) is 0.120. The fourth-order valence-electron chi connectivity index (χ4n) is 9.40. The number of nitrogens with one attached hydrogen (secondary N) is 2. The molecule has 1 unspecified atom stereocenters. The summed E-state index contributed by atoms with van der Waals surface area (Å²) >= 11 is 0. The number of hydrogen-bond acceptors (Lipinski definition) is 13. The van der Waals surface area contributed by atoms with E-state index in [0.29, 0.717) is 50.8 Å². The number of fused-ring (bicyclic) bond motifs is 1. The Balaban J connectivity index is 0.789. The standard InChI is InChI=1S/C45H54N10O8/c1-45(28-8-10-29(11-9-28)49-41-39(40(46)59)48-26-36(50-41)53-18-4-5-30(27-53)54-22-21-51(2)44(54)62)15-19-52(20-16-45)37(58)14-23-63-24-17-47-33-7-3-6-32-38(33)43(61)55(42(32)60)34-13-12-31(56)25-35(34)57/h3,6-11,26,30,34,47H,4-5,12-25,27H2,1-2H3,(H2,46,59)(H,49,50)/t30-,34?/m1/s1. The van der Waals surface area contributed by atoms with Gasteiger partial charge in [0.15, 0.2) is 17.3 Å². The first-order valence-electron chi connectivity index (χ1n) is 21.8. The molecule has 0 bridgehead atoms. The molecule has 0 radical (unpaired) electrons. The molecule has 1 aromatic heterocycles. The van der Waals surface area contributed by atoms with Crippen LogP contribution in [-0.2, 0) is 24.5 Å². The Morgan fingerprint density at radius 2 is 1.71 bits per heavy atom. The number of hydrogen-bond donors (Lipinski definition) is 3. The maximum Gasteiger partial charge on any atom is 0.320 e. The predicted octanol–water partition coefficient (Wildman–Crippen LogP) is 3.34. The number of urea groups is 1. The summed E-state index contributed by atoms with van der Waals surface area (Å²) in [5, 5.41) is 6.42. The summed E-state index contributed by atoms with van der Waals surface area (Å²) in [4.78, 5) is 107. The minimum Gasteiger partial charge on any atom is -0.382 e. The molecule has 332 valence electrons. The van der Waals surface area contributed by atoms with Crippen LogP contribution in [0.3, 0.4) is 0 Å². The van der Waals surface area contributed by atoms with Gasteiger partial charge in [0, 0.05) is 70.7 Å². The number of piperidine rings is 2. The van der Waals surface area contributed by atoms with E-state index in [2.05, 4.69) is 39.6 Å². The number of primary amides is 1. The molecule has 2 atom stereocenters. The van der Waals surface area contributed by atoms with Crippen molar-refractivity contribution in [2.75, 3.05) is 81.6 Å². The first-order chi connectivity index (χ1) is 30.3. The molecule has 5 aliphatic rings. The van der Waals surface area contributed by atoms with Gasteiger partial charge < -0.3 is 40.7 Å². The molecule has 4 fully saturated rings. The normalized spacial score (nSPS) is 21.3. The van der Waals surface area contributed by atoms with Gasteiger partial charge in [0.05, 0.1) is 55.5 Å². The highest BCUT2D eigenvalue weighted by Gasteiger charge is 2.45. The number of carbonyl (C=O) groups excluding carboxylic acids is 7. The number of Topliss-reactive ketones (excluding diaryl/α,β-unsaturated/α-hetero) is 2. The molecule has 2 aromatic carbocycles. The molecule has 4 aliphatic heterocycles. The molecule has 0 spiro atoms. The molecule has 4 N–H and O–H groups in total. The van der Waals surface area contributed by atoms with Crippen LogP contribution in [0.2, 0.25) is 0 Å². The Morgan fingerprint density at radius 1 is 0.937 bits per heavy atom. The lowest BCUT2D eigenvalue weighted by atomic mass is 9.74. The van der Waals surface area contributed by atoms with Gasteiger partial charge in [0.25, 0.3) is 17.7 Å². The molecule has 18 nitrogen and oxygen atoms in total. The highest BCUT2D eigenvalue weighted by molar-refractivity contribution is 6.25. The van der Waals surface area contributed by atoms with Crippen molar-refractivity contribution in [3.05, 3.63) is 71.0 Å². The third-order valence-electron chi connectivity index (χ3n) is 13.2. The Hall–Kier alpha value is -6.43. The van der Waals surface area contributed by atoms with Gasteiger partial charge in [0.1, 0.15) is 11.6 Å². The number of rotatable bonds is 14. The summed E-state index contributed by atoms with van der Waals surface area (Å²) in [6.07, 6.45) is 5.18. The second kappa shape index (κ2) is 18.1. The van der Waals surface area contributed by atoms with Gasteiger partial charge in [-0.3, -0.25) is 33.7 Å². The first-order valence-corrected chi connectivity index (χ1v) is 21.8. The van der Waals surface area contributed by atoms with E-state index in [4.69, 9.17) is 15.5 Å². The number of aromatic nitrogens is 2. The van der Waals surface area contributed by atoms with Crippen molar-refractivity contribution in [1.82, 2.24) is 29.6 Å². The number of ketones is 2. The Bertz CT molecular complexity index is 2310. The summed E-state index contributed by atoms with van der Waals surface area (Å²) in [6, 6.07) is 12.1. The van der Waals surface area contributed by atoms with Crippen molar-refractivity contribution < 1.29 is 38.3 Å². The fourth-order valence-corrected chi connectivity index (χ4v) is 9.40. The summed E-state index contributed by atoms with van der Waals surface area (Å²) in [6.45, 7) is 7.01. The van der Waals surface area contributed by atoms with Crippen LogP contribution in [0.1, 0.15) is 95.1 Å². The summed E-state index contributed by atoms with van der Waals surface area (Å²) in [7, 11) is 1.82. The number of likely N-dealkylation sites (N-methyl/N-ethyl adjacent to an activating group) is 1. The number of benzene rings is 2. The summed E-state index contributed by atoms with van der Waals surface area (Å²) in [5.41, 5.74) is 8.32. The third kappa shape index (κ3) is 8.94. The second-order valence-corrected chi connectivity index (χ2v) is 17.3. The van der Waals surface area contributed by atoms with Crippen molar-refractivity contribution in [3.8, 4) is 0 Å². The molecular weight excluding hydrogens is 809 g/mol. The predicted molar refractivity (Wildman–Crippen MR) is 232 cm³/mol.